The Kier molecular flexibility index (Phi) is 10.3. The van der Waals surface area contributed by atoms with E-state index in [-0.39, 0.29) is 52.0 Å². The van der Waals surface area contributed by atoms with Crippen molar-refractivity contribution < 1.29 is 18.6 Å². The molecule has 0 amide bonds. The molecule has 4 aliphatic rings. The zero-order valence-electron chi connectivity index (χ0n) is 25.7. The molecule has 11 heteroatoms. The van der Waals surface area contributed by atoms with E-state index in [4.69, 9.17) is 15.5 Å². The monoisotopic (exact) mass is 612 g/mol. The van der Waals surface area contributed by atoms with Crippen LogP contribution in [0.1, 0.15) is 63.0 Å². The van der Waals surface area contributed by atoms with Crippen molar-refractivity contribution in [1.29, 1.82) is 5.26 Å². The van der Waals surface area contributed by atoms with Gasteiger partial charge in [-0.2, -0.15) is 5.26 Å². The molecular formula is C32H42F2N6O2S. The summed E-state index contributed by atoms with van der Waals surface area (Å²) in [5.74, 6) is -0.572. The van der Waals surface area contributed by atoms with Crippen molar-refractivity contribution in [3.05, 3.63) is 63.0 Å². The van der Waals surface area contributed by atoms with Gasteiger partial charge in [-0.25, -0.2) is 13.8 Å². The number of fused-ring (bicyclic) bond motifs is 2. The summed E-state index contributed by atoms with van der Waals surface area (Å²) in [4.78, 5) is 9.09. The number of guanidine groups is 1. The summed E-state index contributed by atoms with van der Waals surface area (Å²) in [6.07, 6.45) is 6.43. The Hall–Kier alpha value is -3.30. The van der Waals surface area contributed by atoms with Crippen LogP contribution in [0.4, 0.5) is 13.8 Å². The summed E-state index contributed by atoms with van der Waals surface area (Å²) in [5, 5.41) is 23.4. The number of nitrogen functional groups attached to an aromatic ring is 1. The van der Waals surface area contributed by atoms with E-state index in [1.165, 1.54) is 18.9 Å². The quantitative estimate of drug-likeness (QED) is 0.372. The highest BCUT2D eigenvalue weighted by Crippen LogP contribution is 2.49. The Bertz CT molecular complexity index is 1460. The van der Waals surface area contributed by atoms with Gasteiger partial charge < -0.3 is 25.8 Å². The van der Waals surface area contributed by atoms with Crippen LogP contribution in [0.3, 0.4) is 0 Å². The summed E-state index contributed by atoms with van der Waals surface area (Å²) < 4.78 is 37.1. The smallest absolute Gasteiger partial charge is 0.199 e. The lowest BCUT2D eigenvalue weighted by atomic mass is 9.80. The molecule has 1 aliphatic carbocycles. The van der Waals surface area contributed by atoms with Gasteiger partial charge >= 0.3 is 0 Å². The van der Waals surface area contributed by atoms with Gasteiger partial charge in [0.2, 0.25) is 0 Å². The van der Waals surface area contributed by atoms with Gasteiger partial charge in [0.25, 0.3) is 0 Å². The second-order valence-electron chi connectivity index (χ2n) is 11.1. The Labute approximate surface area is 257 Å². The maximum absolute atomic E-state index is 16.5. The number of aliphatic hydroxyl groups excluding tert-OH is 1. The fourth-order valence-corrected chi connectivity index (χ4v) is 6.80. The lowest BCUT2D eigenvalue weighted by molar-refractivity contribution is 0.0639. The zero-order chi connectivity index (χ0) is 31.5. The highest BCUT2D eigenvalue weighted by atomic mass is 32.1. The Morgan fingerprint density at radius 3 is 2.67 bits per heavy atom. The molecular weight excluding hydrogens is 570 g/mol. The van der Waals surface area contributed by atoms with Crippen LogP contribution in [0.25, 0.3) is 11.4 Å². The molecule has 2 unspecified atom stereocenters. The number of ether oxygens (including phenoxy) is 1. The molecule has 1 fully saturated rings. The van der Waals surface area contributed by atoms with Crippen LogP contribution in [0.2, 0.25) is 0 Å². The number of thiophene rings is 1. The average Bonchev–Trinajstić information content (AvgIpc) is 3.77. The van der Waals surface area contributed by atoms with E-state index in [1.807, 2.05) is 24.9 Å². The van der Waals surface area contributed by atoms with Crippen molar-refractivity contribution >= 4 is 33.7 Å². The van der Waals surface area contributed by atoms with E-state index < -0.39 is 23.2 Å². The maximum Gasteiger partial charge on any atom is 0.199 e. The molecule has 8 nitrogen and oxygen atoms in total. The number of hydrogen-bond acceptors (Lipinski definition) is 9. The molecule has 0 aromatic carbocycles. The fourth-order valence-electron chi connectivity index (χ4n) is 5.79. The largest absolute Gasteiger partial charge is 0.394 e. The molecule has 4 N–H and O–H groups in total. The average molecular weight is 613 g/mol. The van der Waals surface area contributed by atoms with Gasteiger partial charge in [-0.05, 0) is 43.7 Å². The lowest BCUT2D eigenvalue weighted by Crippen LogP contribution is -2.53. The first-order valence-corrected chi connectivity index (χ1v) is 15.6. The van der Waals surface area contributed by atoms with Gasteiger partial charge in [0.05, 0.1) is 35.8 Å². The number of unbranched alkanes of at least 4 members (excludes halogenated alkanes) is 1. The van der Waals surface area contributed by atoms with Gasteiger partial charge in [0, 0.05) is 36.0 Å². The molecule has 1 aromatic heterocycles. The van der Waals surface area contributed by atoms with E-state index >= 15 is 4.39 Å². The fraction of sp³-hybridized carbons (Fsp3) is 0.500. The minimum Gasteiger partial charge on any atom is -0.394 e. The predicted octanol–water partition coefficient (Wildman–Crippen LogP) is 5.52. The van der Waals surface area contributed by atoms with Crippen molar-refractivity contribution in [1.82, 2.24) is 15.1 Å². The molecule has 2 atom stereocenters. The van der Waals surface area contributed by atoms with Crippen LogP contribution in [0.15, 0.2) is 52.0 Å². The highest BCUT2D eigenvalue weighted by Gasteiger charge is 2.44. The second-order valence-corrected chi connectivity index (χ2v) is 12.2. The van der Waals surface area contributed by atoms with Crippen molar-refractivity contribution in [3.8, 4) is 6.07 Å². The SMILES string of the molecule is C=C(C1=C(F)C2N=C(N3CCC(CO)(N(C)CC)C3)NC=C2C2=C1COC2)c1c(/C(F)=C\C)sc(N)c1C#N.CCCC. The van der Waals surface area contributed by atoms with Crippen molar-refractivity contribution in [2.24, 2.45) is 4.99 Å². The number of hydrogen-bond donors (Lipinski definition) is 3. The number of nitriles is 1. The number of halogens is 2. The minimum atomic E-state index is -0.946. The van der Waals surface area contributed by atoms with E-state index in [0.29, 0.717) is 30.2 Å². The van der Waals surface area contributed by atoms with Gasteiger partial charge in [-0.15, -0.1) is 11.3 Å². The minimum absolute atomic E-state index is 0.00750. The van der Waals surface area contributed by atoms with Crippen molar-refractivity contribution in [2.45, 2.75) is 58.5 Å². The molecule has 5 rings (SSSR count). The molecule has 1 saturated heterocycles. The molecule has 232 valence electrons. The van der Waals surface area contributed by atoms with E-state index in [0.717, 1.165) is 29.9 Å². The number of rotatable bonds is 7. The van der Waals surface area contributed by atoms with Gasteiger partial charge in [-0.1, -0.05) is 46.3 Å². The summed E-state index contributed by atoms with van der Waals surface area (Å²) in [6.45, 7) is 14.5. The number of likely N-dealkylation sites (tertiary alicyclic amines) is 1. The van der Waals surface area contributed by atoms with Crippen LogP contribution in [-0.4, -0.2) is 78.9 Å². The first-order valence-electron chi connectivity index (χ1n) is 14.8. The van der Waals surface area contributed by atoms with Gasteiger partial charge in [0.15, 0.2) is 5.96 Å². The summed E-state index contributed by atoms with van der Waals surface area (Å²) in [6, 6.07) is 1.10. The van der Waals surface area contributed by atoms with Gasteiger partial charge in [0.1, 0.15) is 28.8 Å². The van der Waals surface area contributed by atoms with Crippen molar-refractivity contribution in [3.63, 3.8) is 0 Å². The first kappa shape index (κ1) is 32.6. The van der Waals surface area contributed by atoms with E-state index in [1.54, 1.807) is 13.1 Å². The van der Waals surface area contributed by atoms with Gasteiger partial charge in [-0.3, -0.25) is 4.90 Å². The first-order chi connectivity index (χ1) is 20.6. The number of nitrogens with two attached hydrogens (primary N) is 1. The lowest BCUT2D eigenvalue weighted by Gasteiger charge is -2.37. The second kappa shape index (κ2) is 13.6. The third kappa shape index (κ3) is 5.81. The van der Waals surface area contributed by atoms with Crippen LogP contribution < -0.4 is 11.1 Å². The van der Waals surface area contributed by atoms with Crippen LogP contribution in [-0.2, 0) is 4.74 Å². The summed E-state index contributed by atoms with van der Waals surface area (Å²) >= 11 is 0.942. The standard InChI is InChI=1S/C28H32F2N6O2S.C4H10/c1-5-20(29)25-22(16(9-31)26(32)39-25)15(3)21-19-12-38-11-18(19)17-10-33-27(34-24(17)23(21)30)36-8-7-28(13-36,14-37)35(4)6-2;1-3-4-2/h5,10,24,37H,3,6-8,11-14,32H2,1-2,4H3,(H,33,34);3-4H2,1-2H3/b20-5+;. The Balaban J connectivity index is 0.000000996. The number of nitrogens with zero attached hydrogens (tertiary/aromatic N) is 4. The molecule has 0 radical (unpaired) electrons. The predicted molar refractivity (Wildman–Crippen MR) is 171 cm³/mol. The number of allylic oxidation sites excluding steroid dienone is 2. The van der Waals surface area contributed by atoms with Crippen LogP contribution in [0, 0.1) is 11.3 Å². The summed E-state index contributed by atoms with van der Waals surface area (Å²) in [5.41, 5.74) is 8.39. The number of anilines is 1. The molecule has 1 aromatic rings. The Morgan fingerprint density at radius 2 is 2.07 bits per heavy atom. The van der Waals surface area contributed by atoms with Crippen LogP contribution >= 0.6 is 11.3 Å². The third-order valence-corrected chi connectivity index (χ3v) is 9.75. The number of likely N-dealkylation sites (N-methyl/N-ethyl adjacent to an activating group) is 1. The summed E-state index contributed by atoms with van der Waals surface area (Å²) in [7, 11) is 1.99. The van der Waals surface area contributed by atoms with E-state index in [9.17, 15) is 14.8 Å². The van der Waals surface area contributed by atoms with E-state index in [2.05, 4.69) is 30.6 Å². The molecule has 3 aliphatic heterocycles. The number of aliphatic hydroxyl groups is 1. The molecule has 0 spiro atoms. The maximum atomic E-state index is 16.5. The Morgan fingerprint density at radius 1 is 1.37 bits per heavy atom. The zero-order valence-corrected chi connectivity index (χ0v) is 26.5. The molecule has 0 bridgehead atoms. The number of aliphatic imine (C=N–C) groups is 1. The van der Waals surface area contributed by atoms with Crippen molar-refractivity contribution in [2.75, 3.05) is 52.2 Å². The molecule has 0 saturated carbocycles. The topological polar surface area (TPSA) is 110 Å². The number of nitrogens with one attached hydrogen (secondary N) is 1. The molecule has 4 heterocycles. The van der Waals surface area contributed by atoms with Crippen LogP contribution in [0.5, 0.6) is 0 Å². The molecule has 43 heavy (non-hydrogen) atoms. The highest BCUT2D eigenvalue weighted by molar-refractivity contribution is 7.17. The normalized spacial score (nSPS) is 23.3. The third-order valence-electron chi connectivity index (χ3n) is 8.72.